The van der Waals surface area contributed by atoms with Gasteiger partial charge in [0, 0.05) is 12.6 Å². The molecule has 15 heavy (non-hydrogen) atoms. The van der Waals surface area contributed by atoms with Crippen LogP contribution in [0, 0.1) is 6.92 Å². The number of anilines is 1. The summed E-state index contributed by atoms with van der Waals surface area (Å²) >= 11 is 0. The number of rotatable bonds is 2. The van der Waals surface area contributed by atoms with Crippen LogP contribution in [0.5, 0.6) is 0 Å². The Bertz CT molecular complexity index is 452. The van der Waals surface area contributed by atoms with Crippen molar-refractivity contribution >= 4 is 5.82 Å². The van der Waals surface area contributed by atoms with E-state index in [0.717, 1.165) is 17.1 Å². The third-order valence-corrected chi connectivity index (χ3v) is 2.32. The van der Waals surface area contributed by atoms with Gasteiger partial charge in [-0.3, -0.25) is 0 Å². The summed E-state index contributed by atoms with van der Waals surface area (Å²) in [7, 11) is 1.84. The van der Waals surface area contributed by atoms with Gasteiger partial charge in [0.2, 0.25) is 0 Å². The zero-order chi connectivity index (χ0) is 10.7. The zero-order valence-electron chi connectivity index (χ0n) is 8.86. The van der Waals surface area contributed by atoms with Gasteiger partial charge in [-0.05, 0) is 18.6 Å². The van der Waals surface area contributed by atoms with E-state index >= 15 is 0 Å². The lowest BCUT2D eigenvalue weighted by Crippen LogP contribution is -1.97. The van der Waals surface area contributed by atoms with Crippen LogP contribution in [0.4, 0.5) is 5.82 Å². The number of hydrogen-bond acceptors (Lipinski definition) is 3. The molecule has 3 heteroatoms. The van der Waals surface area contributed by atoms with Crippen LogP contribution in [0.25, 0.3) is 11.1 Å². The molecule has 2 aromatic rings. The number of aryl methyl sites for hydroxylation is 1. The molecule has 1 aromatic heterocycles. The van der Waals surface area contributed by atoms with Crippen molar-refractivity contribution in [1.82, 2.24) is 10.2 Å². The number of nitrogens with one attached hydrogen (secondary N) is 1. The number of hydrogen-bond donors (Lipinski definition) is 1. The fourth-order valence-electron chi connectivity index (χ4n) is 1.48. The molecule has 0 aliphatic carbocycles. The Kier molecular flexibility index (Phi) is 2.63. The molecule has 3 nitrogen and oxygen atoms in total. The topological polar surface area (TPSA) is 37.8 Å². The van der Waals surface area contributed by atoms with Crippen molar-refractivity contribution in [3.8, 4) is 11.1 Å². The third-order valence-electron chi connectivity index (χ3n) is 2.32. The molecular formula is C12H13N3. The van der Waals surface area contributed by atoms with E-state index in [1.54, 1.807) is 0 Å². The average molecular weight is 199 g/mol. The van der Waals surface area contributed by atoms with Gasteiger partial charge in [0.05, 0.1) is 5.69 Å². The molecule has 1 heterocycles. The maximum absolute atomic E-state index is 4.11. The van der Waals surface area contributed by atoms with Crippen LogP contribution in [0.2, 0.25) is 0 Å². The molecule has 0 unspecified atom stereocenters. The van der Waals surface area contributed by atoms with E-state index < -0.39 is 0 Å². The van der Waals surface area contributed by atoms with E-state index in [4.69, 9.17) is 0 Å². The molecular weight excluding hydrogens is 186 g/mol. The van der Waals surface area contributed by atoms with Crippen molar-refractivity contribution in [2.24, 2.45) is 0 Å². The van der Waals surface area contributed by atoms with E-state index in [2.05, 4.69) is 27.6 Å². The second-order valence-corrected chi connectivity index (χ2v) is 3.34. The lowest BCUT2D eigenvalue weighted by atomic mass is 10.1. The highest BCUT2D eigenvalue weighted by atomic mass is 15.2. The Morgan fingerprint density at radius 1 is 1.07 bits per heavy atom. The van der Waals surface area contributed by atoms with Gasteiger partial charge in [0.1, 0.15) is 5.82 Å². The Morgan fingerprint density at radius 3 is 2.47 bits per heavy atom. The SMILES string of the molecule is CNc1cc(-c2ccccc2)c(C)nn1. The summed E-state index contributed by atoms with van der Waals surface area (Å²) < 4.78 is 0. The minimum Gasteiger partial charge on any atom is -0.372 e. The van der Waals surface area contributed by atoms with Crippen molar-refractivity contribution in [1.29, 1.82) is 0 Å². The van der Waals surface area contributed by atoms with Crippen molar-refractivity contribution in [2.45, 2.75) is 6.92 Å². The third kappa shape index (κ3) is 1.96. The van der Waals surface area contributed by atoms with Crippen LogP contribution < -0.4 is 5.32 Å². The Hall–Kier alpha value is -1.90. The van der Waals surface area contributed by atoms with Crippen LogP contribution in [0.3, 0.4) is 0 Å². The van der Waals surface area contributed by atoms with Crippen molar-refractivity contribution in [3.63, 3.8) is 0 Å². The highest BCUT2D eigenvalue weighted by Crippen LogP contribution is 2.22. The van der Waals surface area contributed by atoms with Crippen molar-refractivity contribution in [2.75, 3.05) is 12.4 Å². The lowest BCUT2D eigenvalue weighted by molar-refractivity contribution is 0.985. The molecule has 0 fully saturated rings. The van der Waals surface area contributed by atoms with Gasteiger partial charge in [-0.2, -0.15) is 5.10 Å². The summed E-state index contributed by atoms with van der Waals surface area (Å²) in [6.07, 6.45) is 0. The first-order valence-electron chi connectivity index (χ1n) is 4.89. The quantitative estimate of drug-likeness (QED) is 0.807. The predicted octanol–water partition coefficient (Wildman–Crippen LogP) is 2.49. The first-order chi connectivity index (χ1) is 7.31. The Balaban J connectivity index is 2.52. The Morgan fingerprint density at radius 2 is 1.80 bits per heavy atom. The summed E-state index contributed by atoms with van der Waals surface area (Å²) in [5.74, 6) is 0.791. The van der Waals surface area contributed by atoms with Crippen molar-refractivity contribution < 1.29 is 0 Å². The monoisotopic (exact) mass is 199 g/mol. The average Bonchev–Trinajstić information content (AvgIpc) is 2.31. The minimum atomic E-state index is 0.791. The maximum atomic E-state index is 4.11. The van der Waals surface area contributed by atoms with Crippen LogP contribution in [0.1, 0.15) is 5.69 Å². The van der Waals surface area contributed by atoms with E-state index in [1.165, 1.54) is 5.56 Å². The van der Waals surface area contributed by atoms with E-state index in [0.29, 0.717) is 0 Å². The summed E-state index contributed by atoms with van der Waals surface area (Å²) in [6.45, 7) is 1.97. The second kappa shape index (κ2) is 4.09. The number of nitrogens with zero attached hydrogens (tertiary/aromatic N) is 2. The maximum Gasteiger partial charge on any atom is 0.149 e. The van der Waals surface area contributed by atoms with Gasteiger partial charge >= 0.3 is 0 Å². The molecule has 1 aromatic carbocycles. The van der Waals surface area contributed by atoms with Gasteiger partial charge in [0.15, 0.2) is 0 Å². The molecule has 0 amide bonds. The fraction of sp³-hybridized carbons (Fsp3) is 0.167. The van der Waals surface area contributed by atoms with Gasteiger partial charge in [-0.25, -0.2) is 0 Å². The molecule has 0 bridgehead atoms. The first kappa shape index (κ1) is 9.65. The molecule has 1 N–H and O–H groups in total. The smallest absolute Gasteiger partial charge is 0.149 e. The first-order valence-corrected chi connectivity index (χ1v) is 4.89. The lowest BCUT2D eigenvalue weighted by Gasteiger charge is -2.06. The van der Waals surface area contributed by atoms with Crippen molar-refractivity contribution in [3.05, 3.63) is 42.1 Å². The van der Waals surface area contributed by atoms with Gasteiger partial charge in [0.25, 0.3) is 0 Å². The van der Waals surface area contributed by atoms with Crippen LogP contribution >= 0.6 is 0 Å². The van der Waals surface area contributed by atoms with Gasteiger partial charge < -0.3 is 5.32 Å². The molecule has 0 aliphatic rings. The van der Waals surface area contributed by atoms with Gasteiger partial charge in [-0.1, -0.05) is 30.3 Å². The van der Waals surface area contributed by atoms with Crippen LogP contribution in [-0.2, 0) is 0 Å². The summed E-state index contributed by atoms with van der Waals surface area (Å²) in [5, 5.41) is 11.1. The molecule has 0 radical (unpaired) electrons. The number of aromatic nitrogens is 2. The molecule has 2 rings (SSSR count). The van der Waals surface area contributed by atoms with Crippen LogP contribution in [0.15, 0.2) is 36.4 Å². The predicted molar refractivity (Wildman–Crippen MR) is 61.8 cm³/mol. The van der Waals surface area contributed by atoms with Crippen LogP contribution in [-0.4, -0.2) is 17.2 Å². The van der Waals surface area contributed by atoms with E-state index in [1.807, 2.05) is 38.2 Å². The fourth-order valence-corrected chi connectivity index (χ4v) is 1.48. The standard InChI is InChI=1S/C12H13N3/c1-9-11(8-12(13-2)15-14-9)10-6-4-3-5-7-10/h3-8H,1-2H3,(H,13,15). The summed E-state index contributed by atoms with van der Waals surface area (Å²) in [4.78, 5) is 0. The molecule has 0 aliphatic heterocycles. The molecule has 0 atom stereocenters. The molecule has 0 spiro atoms. The van der Waals surface area contributed by atoms with E-state index in [9.17, 15) is 0 Å². The highest BCUT2D eigenvalue weighted by molar-refractivity contribution is 5.68. The second-order valence-electron chi connectivity index (χ2n) is 3.34. The van der Waals surface area contributed by atoms with E-state index in [-0.39, 0.29) is 0 Å². The molecule has 76 valence electrons. The van der Waals surface area contributed by atoms with Gasteiger partial charge in [-0.15, -0.1) is 5.10 Å². The Labute approximate surface area is 89.2 Å². The minimum absolute atomic E-state index is 0.791. The highest BCUT2D eigenvalue weighted by Gasteiger charge is 2.04. The summed E-state index contributed by atoms with van der Waals surface area (Å²) in [6, 6.07) is 12.2. The summed E-state index contributed by atoms with van der Waals surface area (Å²) in [5.41, 5.74) is 3.23. The molecule has 0 saturated carbocycles. The number of benzene rings is 1. The molecule has 0 saturated heterocycles. The zero-order valence-corrected chi connectivity index (χ0v) is 8.86. The normalized spacial score (nSPS) is 10.0. The largest absolute Gasteiger partial charge is 0.372 e.